The monoisotopic (exact) mass is 424 g/mol. The van der Waals surface area contributed by atoms with Gasteiger partial charge < -0.3 is 15.6 Å². The summed E-state index contributed by atoms with van der Waals surface area (Å²) in [6, 6.07) is 16.9. The summed E-state index contributed by atoms with van der Waals surface area (Å²) in [5, 5.41) is 7.51. The Morgan fingerprint density at radius 1 is 0.931 bits per heavy atom. The number of aromatic amines is 1. The quantitative estimate of drug-likeness (QED) is 0.418. The van der Waals surface area contributed by atoms with Crippen LogP contribution in [-0.2, 0) is 0 Å². The van der Waals surface area contributed by atoms with Gasteiger partial charge in [-0.15, -0.1) is 0 Å². The van der Waals surface area contributed by atoms with Crippen molar-refractivity contribution in [2.45, 2.75) is 0 Å². The number of pyridine rings is 2. The topological polar surface area (TPSA) is 86.9 Å². The van der Waals surface area contributed by atoms with E-state index in [1.165, 1.54) is 6.07 Å². The highest BCUT2D eigenvalue weighted by atomic mass is 35.5. The van der Waals surface area contributed by atoms with Crippen molar-refractivity contribution >= 4 is 57.2 Å². The Morgan fingerprint density at radius 2 is 1.66 bits per heavy atom. The number of nitrogens with one attached hydrogen (secondary N) is 3. The third-order valence-electron chi connectivity index (χ3n) is 4.26. The molecule has 2 heterocycles. The van der Waals surface area contributed by atoms with E-state index in [-0.39, 0.29) is 11.5 Å². The van der Waals surface area contributed by atoms with E-state index in [1.54, 1.807) is 60.8 Å². The van der Waals surface area contributed by atoms with Crippen LogP contribution in [0.5, 0.6) is 0 Å². The van der Waals surface area contributed by atoms with Crippen LogP contribution in [0.3, 0.4) is 0 Å². The lowest BCUT2D eigenvalue weighted by Crippen LogP contribution is -2.12. The van der Waals surface area contributed by atoms with Crippen molar-refractivity contribution in [3.05, 3.63) is 92.8 Å². The van der Waals surface area contributed by atoms with E-state index in [1.807, 2.05) is 0 Å². The maximum Gasteiger partial charge on any atom is 0.255 e. The van der Waals surface area contributed by atoms with E-state index in [0.29, 0.717) is 26.9 Å². The molecule has 0 spiro atoms. The highest BCUT2D eigenvalue weighted by molar-refractivity contribution is 6.40. The van der Waals surface area contributed by atoms with E-state index in [2.05, 4.69) is 20.6 Å². The number of benzene rings is 2. The van der Waals surface area contributed by atoms with Crippen molar-refractivity contribution in [1.82, 2.24) is 9.97 Å². The third kappa shape index (κ3) is 4.08. The molecular weight excluding hydrogens is 411 g/mol. The van der Waals surface area contributed by atoms with E-state index < -0.39 is 0 Å². The van der Waals surface area contributed by atoms with E-state index >= 15 is 0 Å². The number of carbonyl (C=O) groups excluding carboxylic acids is 1. The molecule has 29 heavy (non-hydrogen) atoms. The summed E-state index contributed by atoms with van der Waals surface area (Å²) in [4.78, 5) is 30.8. The molecule has 0 saturated heterocycles. The first-order valence-corrected chi connectivity index (χ1v) is 9.37. The number of hydrogen-bond donors (Lipinski definition) is 3. The van der Waals surface area contributed by atoms with Gasteiger partial charge in [0, 0.05) is 28.9 Å². The maximum absolute atomic E-state index is 12.5. The third-order valence-corrected chi connectivity index (χ3v) is 4.89. The molecule has 1 amide bonds. The fraction of sp³-hybridized carbons (Fsp3) is 0. The first kappa shape index (κ1) is 19.0. The Bertz CT molecular complexity index is 1250. The number of aromatic nitrogens is 2. The Kier molecular flexibility index (Phi) is 5.20. The Morgan fingerprint density at radius 3 is 2.38 bits per heavy atom. The molecular formula is C21H14Cl2N4O2. The minimum Gasteiger partial charge on any atom is -0.355 e. The number of para-hydroxylation sites is 1. The summed E-state index contributed by atoms with van der Waals surface area (Å²) < 4.78 is 0. The van der Waals surface area contributed by atoms with Gasteiger partial charge in [-0.25, -0.2) is 4.98 Å². The predicted octanol–water partition coefficient (Wildman–Crippen LogP) is 5.23. The lowest BCUT2D eigenvalue weighted by atomic mass is 10.1. The fourth-order valence-electron chi connectivity index (χ4n) is 2.83. The second-order valence-electron chi connectivity index (χ2n) is 6.20. The number of halogens is 2. The average Bonchev–Trinajstić information content (AvgIpc) is 2.71. The molecule has 2 aromatic heterocycles. The highest BCUT2D eigenvalue weighted by Gasteiger charge is 2.11. The van der Waals surface area contributed by atoms with Crippen molar-refractivity contribution in [2.24, 2.45) is 0 Å². The van der Waals surface area contributed by atoms with Gasteiger partial charge in [0.05, 0.1) is 21.4 Å². The van der Waals surface area contributed by atoms with Crippen molar-refractivity contribution in [1.29, 1.82) is 0 Å². The number of H-pyrrole nitrogens is 1. The zero-order valence-electron chi connectivity index (χ0n) is 14.9. The molecule has 4 rings (SSSR count). The Labute approximate surface area is 175 Å². The summed E-state index contributed by atoms with van der Waals surface area (Å²) in [5.41, 5.74) is 2.67. The molecule has 8 heteroatoms. The van der Waals surface area contributed by atoms with Crippen molar-refractivity contribution in [3.8, 4) is 0 Å². The molecule has 0 saturated carbocycles. The van der Waals surface area contributed by atoms with Gasteiger partial charge in [0.1, 0.15) is 5.65 Å². The van der Waals surface area contributed by atoms with Crippen LogP contribution in [0.25, 0.3) is 11.0 Å². The molecule has 0 bridgehead atoms. The molecule has 6 nitrogen and oxygen atoms in total. The van der Waals surface area contributed by atoms with Gasteiger partial charge in [-0.1, -0.05) is 29.3 Å². The molecule has 0 radical (unpaired) electrons. The van der Waals surface area contributed by atoms with E-state index in [4.69, 9.17) is 23.2 Å². The zero-order valence-corrected chi connectivity index (χ0v) is 16.4. The Balaban J connectivity index is 1.54. The lowest BCUT2D eigenvalue weighted by molar-refractivity contribution is 0.102. The molecule has 4 aromatic rings. The summed E-state index contributed by atoms with van der Waals surface area (Å²) in [6.45, 7) is 0. The van der Waals surface area contributed by atoms with Crippen LogP contribution < -0.4 is 16.2 Å². The van der Waals surface area contributed by atoms with Crippen molar-refractivity contribution in [2.75, 3.05) is 10.6 Å². The van der Waals surface area contributed by atoms with Crippen LogP contribution in [0.15, 0.2) is 71.7 Å². The molecule has 0 unspecified atom stereocenters. The summed E-state index contributed by atoms with van der Waals surface area (Å²) in [5.74, 6) is -0.321. The van der Waals surface area contributed by atoms with Crippen molar-refractivity contribution < 1.29 is 4.79 Å². The van der Waals surface area contributed by atoms with Crippen LogP contribution in [0.1, 0.15) is 10.4 Å². The number of rotatable bonds is 4. The van der Waals surface area contributed by atoms with E-state index in [9.17, 15) is 9.59 Å². The Hall–Kier alpha value is -3.35. The molecule has 0 aliphatic heterocycles. The van der Waals surface area contributed by atoms with Crippen LogP contribution in [-0.4, -0.2) is 15.9 Å². The van der Waals surface area contributed by atoms with Gasteiger partial charge in [0.2, 0.25) is 5.56 Å². The fourth-order valence-corrected chi connectivity index (χ4v) is 3.32. The largest absolute Gasteiger partial charge is 0.355 e. The van der Waals surface area contributed by atoms with Crippen LogP contribution >= 0.6 is 23.2 Å². The summed E-state index contributed by atoms with van der Waals surface area (Å²) in [6.07, 6.45) is 1.61. The normalized spacial score (nSPS) is 10.7. The van der Waals surface area contributed by atoms with E-state index in [0.717, 1.165) is 16.8 Å². The summed E-state index contributed by atoms with van der Waals surface area (Å²) >= 11 is 12.2. The summed E-state index contributed by atoms with van der Waals surface area (Å²) in [7, 11) is 0. The van der Waals surface area contributed by atoms with Gasteiger partial charge in [-0.3, -0.25) is 9.59 Å². The van der Waals surface area contributed by atoms with Gasteiger partial charge in [-0.2, -0.15) is 0 Å². The molecule has 0 fully saturated rings. The van der Waals surface area contributed by atoms with Crippen LogP contribution in [0.2, 0.25) is 10.0 Å². The second kappa shape index (κ2) is 7.95. The minimum absolute atomic E-state index is 0.212. The number of hydrogen-bond acceptors (Lipinski definition) is 4. The number of amides is 1. The minimum atomic E-state index is -0.321. The maximum atomic E-state index is 12.5. The number of nitrogens with zero attached hydrogens (tertiary/aromatic N) is 1. The standard InChI is InChI=1S/C21H14Cl2N4O2/c22-15-2-1-3-16(23)19(15)27-21(29)12-4-6-13(7-5-12)25-17-10-11-24-20-14(17)8-9-18(28)26-20/h1-11H,(H,27,29)(H2,24,25,26,28). The van der Waals surface area contributed by atoms with Gasteiger partial charge in [-0.05, 0) is 48.5 Å². The number of anilines is 3. The molecule has 0 atom stereocenters. The molecule has 3 N–H and O–H groups in total. The first-order valence-electron chi connectivity index (χ1n) is 8.62. The molecule has 0 aliphatic carbocycles. The van der Waals surface area contributed by atoms with Crippen molar-refractivity contribution in [3.63, 3.8) is 0 Å². The van der Waals surface area contributed by atoms with Gasteiger partial charge >= 0.3 is 0 Å². The van der Waals surface area contributed by atoms with Gasteiger partial charge in [0.15, 0.2) is 0 Å². The average molecular weight is 425 g/mol. The molecule has 144 valence electrons. The van der Waals surface area contributed by atoms with Gasteiger partial charge in [0.25, 0.3) is 5.91 Å². The first-order chi connectivity index (χ1) is 14.0. The SMILES string of the molecule is O=C(Nc1c(Cl)cccc1Cl)c1ccc(Nc2ccnc3[nH]c(=O)ccc23)cc1. The predicted molar refractivity (Wildman–Crippen MR) is 117 cm³/mol. The van der Waals surface area contributed by atoms with Crippen LogP contribution in [0, 0.1) is 0 Å². The number of carbonyl (C=O) groups is 1. The molecule has 2 aromatic carbocycles. The zero-order chi connectivity index (χ0) is 20.4. The molecule has 0 aliphatic rings. The second-order valence-corrected chi connectivity index (χ2v) is 7.01. The van der Waals surface area contributed by atoms with Crippen LogP contribution in [0.4, 0.5) is 17.1 Å². The smallest absolute Gasteiger partial charge is 0.255 e. The highest BCUT2D eigenvalue weighted by Crippen LogP contribution is 2.30. The number of fused-ring (bicyclic) bond motifs is 1. The lowest BCUT2D eigenvalue weighted by Gasteiger charge is -2.11.